The van der Waals surface area contributed by atoms with E-state index in [0.29, 0.717) is 16.9 Å². The number of carbonyl (C=O) groups excluding carboxylic acids is 1. The van der Waals surface area contributed by atoms with Gasteiger partial charge >= 0.3 is 0 Å². The van der Waals surface area contributed by atoms with Crippen LogP contribution in [0.15, 0.2) is 65.5 Å². The molecule has 3 rings (SSSR count). The molecule has 0 bridgehead atoms. The number of unbranched alkanes of at least 4 members (excludes halogenated alkanes) is 1. The number of aromatic nitrogens is 2. The molecule has 0 aliphatic rings. The smallest absolute Gasteiger partial charge is 0.267 e. The molecule has 3 aromatic rings. The number of benzene rings is 2. The summed E-state index contributed by atoms with van der Waals surface area (Å²) in [5, 5.41) is 7.24. The second kappa shape index (κ2) is 9.03. The van der Waals surface area contributed by atoms with Crippen LogP contribution in [0.3, 0.4) is 0 Å². The summed E-state index contributed by atoms with van der Waals surface area (Å²) >= 11 is 0. The van der Waals surface area contributed by atoms with E-state index in [0.717, 1.165) is 23.9 Å². The molecule has 2 aromatic carbocycles. The van der Waals surface area contributed by atoms with Crippen molar-refractivity contribution < 1.29 is 9.18 Å². The Balaban J connectivity index is 1.83. The van der Waals surface area contributed by atoms with E-state index in [9.17, 15) is 14.0 Å². The van der Waals surface area contributed by atoms with Crippen molar-refractivity contribution in [2.45, 2.75) is 45.6 Å². The van der Waals surface area contributed by atoms with E-state index in [1.807, 2.05) is 24.3 Å². The van der Waals surface area contributed by atoms with E-state index in [2.05, 4.69) is 17.3 Å². The molecule has 0 saturated carbocycles. The summed E-state index contributed by atoms with van der Waals surface area (Å²) in [6, 6.07) is 16.5. The molecule has 0 spiro atoms. The number of carbonyl (C=O) groups is 1. The summed E-state index contributed by atoms with van der Waals surface area (Å²) in [6.07, 6.45) is 3.26. The second-order valence-corrected chi connectivity index (χ2v) is 7.79. The largest absolute Gasteiger partial charge is 0.324 e. The molecule has 5 nitrogen and oxygen atoms in total. The fraction of sp³-hybridized carbons (Fsp3) is 0.292. The fourth-order valence-electron chi connectivity index (χ4n) is 3.10. The molecular weight excluding hydrogens is 381 g/mol. The van der Waals surface area contributed by atoms with Gasteiger partial charge in [-0.1, -0.05) is 25.5 Å². The van der Waals surface area contributed by atoms with Crippen LogP contribution >= 0.6 is 0 Å². The van der Waals surface area contributed by atoms with Crippen molar-refractivity contribution in [3.63, 3.8) is 0 Å². The lowest BCUT2D eigenvalue weighted by Gasteiger charge is -2.25. The van der Waals surface area contributed by atoms with Crippen molar-refractivity contribution in [1.82, 2.24) is 9.78 Å². The zero-order valence-corrected chi connectivity index (χ0v) is 17.5. The summed E-state index contributed by atoms with van der Waals surface area (Å²) in [4.78, 5) is 25.4. The molecule has 30 heavy (non-hydrogen) atoms. The SMILES string of the molecule is CCCCc1ccc(NC(=O)C(C)(C)n2nc(-c3ccc(F)cc3)ccc2=O)cc1. The number of anilines is 1. The van der Waals surface area contributed by atoms with E-state index in [1.54, 1.807) is 32.0 Å². The highest BCUT2D eigenvalue weighted by Gasteiger charge is 2.32. The number of hydrogen-bond acceptors (Lipinski definition) is 3. The zero-order valence-electron chi connectivity index (χ0n) is 17.5. The number of rotatable bonds is 7. The van der Waals surface area contributed by atoms with Crippen LogP contribution in [-0.4, -0.2) is 15.7 Å². The molecule has 1 N–H and O–H groups in total. The van der Waals surface area contributed by atoms with Crippen LogP contribution in [0.4, 0.5) is 10.1 Å². The molecule has 1 aromatic heterocycles. The van der Waals surface area contributed by atoms with Crippen LogP contribution in [0, 0.1) is 5.82 Å². The van der Waals surface area contributed by atoms with Crippen LogP contribution in [0.5, 0.6) is 0 Å². The third kappa shape index (κ3) is 4.82. The second-order valence-electron chi connectivity index (χ2n) is 7.79. The van der Waals surface area contributed by atoms with E-state index in [-0.39, 0.29) is 11.7 Å². The minimum Gasteiger partial charge on any atom is -0.324 e. The molecule has 6 heteroatoms. The Morgan fingerprint density at radius 2 is 1.70 bits per heavy atom. The summed E-state index contributed by atoms with van der Waals surface area (Å²) in [5.74, 6) is -0.706. The highest BCUT2D eigenvalue weighted by molar-refractivity contribution is 5.96. The topological polar surface area (TPSA) is 64.0 Å². The van der Waals surface area contributed by atoms with E-state index in [4.69, 9.17) is 0 Å². The normalized spacial score (nSPS) is 11.3. The summed E-state index contributed by atoms with van der Waals surface area (Å²) in [5.41, 5.74) is 1.40. The van der Waals surface area contributed by atoms with Crippen molar-refractivity contribution in [2.75, 3.05) is 5.32 Å². The van der Waals surface area contributed by atoms with Gasteiger partial charge in [-0.25, -0.2) is 9.07 Å². The van der Waals surface area contributed by atoms with Crippen molar-refractivity contribution in [3.05, 3.63) is 82.4 Å². The summed E-state index contributed by atoms with van der Waals surface area (Å²) in [6.45, 7) is 5.43. The van der Waals surface area contributed by atoms with Gasteiger partial charge in [0.05, 0.1) is 5.69 Å². The quantitative estimate of drug-likeness (QED) is 0.614. The molecule has 1 heterocycles. The average Bonchev–Trinajstić information content (AvgIpc) is 2.74. The van der Waals surface area contributed by atoms with Gasteiger partial charge in [0.1, 0.15) is 11.4 Å². The molecule has 0 saturated heterocycles. The monoisotopic (exact) mass is 407 g/mol. The van der Waals surface area contributed by atoms with Crippen molar-refractivity contribution >= 4 is 11.6 Å². The van der Waals surface area contributed by atoms with E-state index < -0.39 is 11.1 Å². The Bertz CT molecular complexity index is 1070. The Labute approximate surface area is 175 Å². The predicted octanol–water partition coefficient (Wildman–Crippen LogP) is 4.77. The Morgan fingerprint density at radius 1 is 1.03 bits per heavy atom. The minimum atomic E-state index is -1.23. The van der Waals surface area contributed by atoms with Gasteiger partial charge in [0.15, 0.2) is 0 Å². The molecule has 1 amide bonds. The van der Waals surface area contributed by atoms with Gasteiger partial charge in [-0.05, 0) is 74.7 Å². The highest BCUT2D eigenvalue weighted by Crippen LogP contribution is 2.20. The highest BCUT2D eigenvalue weighted by atomic mass is 19.1. The first-order valence-corrected chi connectivity index (χ1v) is 10.1. The standard InChI is InChI=1S/C24H26FN3O2/c1-4-5-6-17-7-13-20(14-8-17)26-23(30)24(2,3)28-22(29)16-15-21(27-28)18-9-11-19(25)12-10-18/h7-16H,4-6H2,1-3H3,(H,26,30). The van der Waals surface area contributed by atoms with Gasteiger partial charge in [0.2, 0.25) is 0 Å². The third-order valence-electron chi connectivity index (χ3n) is 5.06. The van der Waals surface area contributed by atoms with Gasteiger partial charge < -0.3 is 5.32 Å². The summed E-state index contributed by atoms with van der Waals surface area (Å²) in [7, 11) is 0. The van der Waals surface area contributed by atoms with Crippen LogP contribution < -0.4 is 10.9 Å². The van der Waals surface area contributed by atoms with E-state index >= 15 is 0 Å². The predicted molar refractivity (Wildman–Crippen MR) is 117 cm³/mol. The van der Waals surface area contributed by atoms with Crippen molar-refractivity contribution in [2.24, 2.45) is 0 Å². The van der Waals surface area contributed by atoms with Crippen LogP contribution in [0.25, 0.3) is 11.3 Å². The lowest BCUT2D eigenvalue weighted by Crippen LogP contribution is -2.47. The van der Waals surface area contributed by atoms with Gasteiger partial charge in [-0.15, -0.1) is 0 Å². The van der Waals surface area contributed by atoms with E-state index in [1.165, 1.54) is 23.8 Å². The first-order chi connectivity index (χ1) is 14.3. The maximum absolute atomic E-state index is 13.2. The molecule has 0 fully saturated rings. The molecular formula is C24H26FN3O2. The van der Waals surface area contributed by atoms with Crippen LogP contribution in [-0.2, 0) is 16.8 Å². The lowest BCUT2D eigenvalue weighted by atomic mass is 10.0. The van der Waals surface area contributed by atoms with Gasteiger partial charge in [-0.2, -0.15) is 5.10 Å². The molecule has 156 valence electrons. The number of halogens is 1. The van der Waals surface area contributed by atoms with Crippen LogP contribution in [0.1, 0.15) is 39.2 Å². The minimum absolute atomic E-state index is 0.352. The number of nitrogens with one attached hydrogen (secondary N) is 1. The Morgan fingerprint density at radius 3 is 2.33 bits per heavy atom. The maximum atomic E-state index is 13.2. The first kappa shape index (κ1) is 21.4. The maximum Gasteiger partial charge on any atom is 0.267 e. The van der Waals surface area contributed by atoms with Crippen molar-refractivity contribution in [1.29, 1.82) is 0 Å². The summed E-state index contributed by atoms with van der Waals surface area (Å²) < 4.78 is 14.4. The molecule has 0 radical (unpaired) electrons. The number of nitrogens with zero attached hydrogens (tertiary/aromatic N) is 2. The molecule has 0 unspecified atom stereocenters. The molecule has 0 aliphatic heterocycles. The average molecular weight is 407 g/mol. The number of amides is 1. The molecule has 0 atom stereocenters. The van der Waals surface area contributed by atoms with Crippen LogP contribution in [0.2, 0.25) is 0 Å². The molecule has 0 aliphatic carbocycles. The van der Waals surface area contributed by atoms with Gasteiger partial charge in [0.25, 0.3) is 11.5 Å². The number of aryl methyl sites for hydroxylation is 1. The zero-order chi connectivity index (χ0) is 21.7. The first-order valence-electron chi connectivity index (χ1n) is 10.1. The van der Waals surface area contributed by atoms with Gasteiger partial charge in [-0.3, -0.25) is 9.59 Å². The van der Waals surface area contributed by atoms with Crippen molar-refractivity contribution in [3.8, 4) is 11.3 Å². The third-order valence-corrected chi connectivity index (χ3v) is 5.06. The lowest BCUT2D eigenvalue weighted by molar-refractivity contribution is -0.123. The number of hydrogen-bond donors (Lipinski definition) is 1. The fourth-order valence-corrected chi connectivity index (χ4v) is 3.10. The Kier molecular flexibility index (Phi) is 6.45. The van der Waals surface area contributed by atoms with Gasteiger partial charge in [0, 0.05) is 17.3 Å². The Hall–Kier alpha value is -3.28.